The van der Waals surface area contributed by atoms with Crippen LogP contribution < -0.4 is 19.5 Å². The second kappa shape index (κ2) is 10.5. The molecule has 2 aromatic carbocycles. The van der Waals surface area contributed by atoms with E-state index in [1.165, 1.54) is 6.92 Å². The van der Waals surface area contributed by atoms with Crippen molar-refractivity contribution in [3.63, 3.8) is 0 Å². The lowest BCUT2D eigenvalue weighted by Gasteiger charge is -2.18. The zero-order chi connectivity index (χ0) is 22.2. The highest BCUT2D eigenvalue weighted by atomic mass is 16.6. The summed E-state index contributed by atoms with van der Waals surface area (Å²) in [6, 6.07) is 11.8. The molecule has 0 aromatic heterocycles. The first-order chi connectivity index (χ1) is 15.0. The molecule has 31 heavy (non-hydrogen) atoms. The molecule has 1 atom stereocenters. The van der Waals surface area contributed by atoms with Crippen LogP contribution in [0.4, 0.5) is 5.69 Å². The Labute approximate surface area is 180 Å². The van der Waals surface area contributed by atoms with Gasteiger partial charge in [0, 0.05) is 17.7 Å². The Kier molecular flexibility index (Phi) is 7.48. The predicted octanol–water partition coefficient (Wildman–Crippen LogP) is 3.39. The van der Waals surface area contributed by atoms with Crippen LogP contribution in [0.15, 0.2) is 42.5 Å². The third-order valence-electron chi connectivity index (χ3n) is 4.53. The van der Waals surface area contributed by atoms with E-state index in [0.717, 1.165) is 0 Å². The van der Waals surface area contributed by atoms with Crippen LogP contribution in [0.25, 0.3) is 0 Å². The van der Waals surface area contributed by atoms with Crippen LogP contribution in [0.1, 0.15) is 37.0 Å². The van der Waals surface area contributed by atoms with Gasteiger partial charge in [0.25, 0.3) is 5.91 Å². The van der Waals surface area contributed by atoms with Crippen LogP contribution in [0.3, 0.4) is 0 Å². The lowest BCUT2D eigenvalue weighted by molar-refractivity contribution is -0.153. The smallest absolute Gasteiger partial charge is 0.307 e. The highest BCUT2D eigenvalue weighted by molar-refractivity contribution is 5.98. The Hall–Kier alpha value is -3.55. The summed E-state index contributed by atoms with van der Waals surface area (Å²) in [5, 5.41) is 2.67. The molecular weight excluding hydrogens is 402 g/mol. The molecule has 1 aliphatic heterocycles. The van der Waals surface area contributed by atoms with Gasteiger partial charge >= 0.3 is 5.97 Å². The first kappa shape index (κ1) is 22.1. The van der Waals surface area contributed by atoms with Gasteiger partial charge in [-0.25, -0.2) is 0 Å². The SMILES string of the molecule is CCOc1ccc(NC(=O)C(C)OC(=O)CCC(=O)c2ccc3c(c2)OCCO3)cc1. The second-order valence-electron chi connectivity index (χ2n) is 6.86. The Balaban J connectivity index is 1.45. The van der Waals surface area contributed by atoms with Crippen molar-refractivity contribution in [3.8, 4) is 17.2 Å². The zero-order valence-electron chi connectivity index (χ0n) is 17.5. The molecular formula is C23H25NO7. The molecule has 0 aliphatic carbocycles. The Morgan fingerprint density at radius 2 is 1.71 bits per heavy atom. The topological polar surface area (TPSA) is 100 Å². The number of ketones is 1. The number of Topliss-reactive ketones (excluding diaryl/α,β-unsaturated/α-hetero) is 1. The van der Waals surface area contributed by atoms with Gasteiger partial charge < -0.3 is 24.3 Å². The van der Waals surface area contributed by atoms with E-state index in [1.807, 2.05) is 6.92 Å². The predicted molar refractivity (Wildman–Crippen MR) is 113 cm³/mol. The minimum atomic E-state index is -0.997. The molecule has 1 aliphatic rings. The van der Waals surface area contributed by atoms with Crippen molar-refractivity contribution in [1.82, 2.24) is 0 Å². The summed E-state index contributed by atoms with van der Waals surface area (Å²) in [7, 11) is 0. The van der Waals surface area contributed by atoms with Gasteiger partial charge in [-0.2, -0.15) is 0 Å². The molecule has 3 rings (SSSR count). The molecule has 0 spiro atoms. The molecule has 1 amide bonds. The molecule has 1 unspecified atom stereocenters. The largest absolute Gasteiger partial charge is 0.494 e. The van der Waals surface area contributed by atoms with Gasteiger partial charge in [-0.3, -0.25) is 14.4 Å². The fourth-order valence-electron chi connectivity index (χ4n) is 2.93. The van der Waals surface area contributed by atoms with Gasteiger partial charge in [0.1, 0.15) is 19.0 Å². The first-order valence-corrected chi connectivity index (χ1v) is 10.1. The van der Waals surface area contributed by atoms with Crippen LogP contribution in [0.5, 0.6) is 17.2 Å². The van der Waals surface area contributed by atoms with Gasteiger partial charge in [0.15, 0.2) is 23.4 Å². The minimum absolute atomic E-state index is 0.0360. The maximum atomic E-state index is 12.4. The number of ether oxygens (including phenoxy) is 4. The van der Waals surface area contributed by atoms with Crippen molar-refractivity contribution in [2.24, 2.45) is 0 Å². The van der Waals surface area contributed by atoms with Crippen molar-refractivity contribution in [3.05, 3.63) is 48.0 Å². The molecule has 0 saturated carbocycles. The third kappa shape index (κ3) is 6.21. The molecule has 0 bridgehead atoms. The summed E-state index contributed by atoms with van der Waals surface area (Å²) >= 11 is 0. The third-order valence-corrected chi connectivity index (χ3v) is 4.53. The van der Waals surface area contributed by atoms with E-state index in [4.69, 9.17) is 18.9 Å². The number of rotatable bonds is 9. The molecule has 0 radical (unpaired) electrons. The maximum absolute atomic E-state index is 12.4. The number of amides is 1. The number of benzene rings is 2. The number of anilines is 1. The second-order valence-corrected chi connectivity index (χ2v) is 6.86. The number of esters is 1. The van der Waals surface area contributed by atoms with Crippen LogP contribution in [-0.2, 0) is 14.3 Å². The van der Waals surface area contributed by atoms with Crippen molar-refractivity contribution in [1.29, 1.82) is 0 Å². The summed E-state index contributed by atoms with van der Waals surface area (Å²) in [5.41, 5.74) is 0.989. The van der Waals surface area contributed by atoms with E-state index < -0.39 is 18.0 Å². The summed E-state index contributed by atoms with van der Waals surface area (Å²) in [5.74, 6) is 0.493. The maximum Gasteiger partial charge on any atom is 0.307 e. The van der Waals surface area contributed by atoms with Gasteiger partial charge in [0.05, 0.1) is 13.0 Å². The average molecular weight is 427 g/mol. The molecule has 8 nitrogen and oxygen atoms in total. The number of hydrogen-bond acceptors (Lipinski definition) is 7. The number of carbonyl (C=O) groups excluding carboxylic acids is 3. The molecule has 1 N–H and O–H groups in total. The lowest BCUT2D eigenvalue weighted by Crippen LogP contribution is -2.30. The number of carbonyl (C=O) groups is 3. The molecule has 0 fully saturated rings. The van der Waals surface area contributed by atoms with Gasteiger partial charge in [-0.05, 0) is 56.3 Å². The number of fused-ring (bicyclic) bond motifs is 1. The van der Waals surface area contributed by atoms with Gasteiger partial charge in [0.2, 0.25) is 0 Å². The van der Waals surface area contributed by atoms with E-state index in [-0.39, 0.29) is 18.6 Å². The van der Waals surface area contributed by atoms with E-state index >= 15 is 0 Å². The van der Waals surface area contributed by atoms with E-state index in [9.17, 15) is 14.4 Å². The van der Waals surface area contributed by atoms with Crippen LogP contribution in [0, 0.1) is 0 Å². The van der Waals surface area contributed by atoms with E-state index in [2.05, 4.69) is 5.32 Å². The molecule has 164 valence electrons. The Bertz CT molecular complexity index is 939. The van der Waals surface area contributed by atoms with E-state index in [0.29, 0.717) is 48.3 Å². The number of nitrogens with one attached hydrogen (secondary N) is 1. The average Bonchev–Trinajstić information content (AvgIpc) is 2.78. The minimum Gasteiger partial charge on any atom is -0.494 e. The van der Waals surface area contributed by atoms with Crippen molar-refractivity contribution < 1.29 is 33.3 Å². The van der Waals surface area contributed by atoms with Crippen LogP contribution in [-0.4, -0.2) is 43.6 Å². The van der Waals surface area contributed by atoms with Gasteiger partial charge in [-0.15, -0.1) is 0 Å². The first-order valence-electron chi connectivity index (χ1n) is 10.1. The lowest BCUT2D eigenvalue weighted by atomic mass is 10.1. The van der Waals surface area contributed by atoms with Crippen LogP contribution in [0.2, 0.25) is 0 Å². The fraction of sp³-hybridized carbons (Fsp3) is 0.348. The molecule has 2 aromatic rings. The van der Waals surface area contributed by atoms with Crippen molar-refractivity contribution in [2.45, 2.75) is 32.8 Å². The molecule has 0 saturated heterocycles. The fourth-order valence-corrected chi connectivity index (χ4v) is 2.93. The summed E-state index contributed by atoms with van der Waals surface area (Å²) in [6.07, 6.45) is -1.16. The Morgan fingerprint density at radius 1 is 1.00 bits per heavy atom. The monoisotopic (exact) mass is 427 g/mol. The highest BCUT2D eigenvalue weighted by Gasteiger charge is 2.20. The quantitative estimate of drug-likeness (QED) is 0.484. The molecule has 8 heteroatoms. The van der Waals surface area contributed by atoms with Gasteiger partial charge in [-0.1, -0.05) is 0 Å². The summed E-state index contributed by atoms with van der Waals surface area (Å²) in [4.78, 5) is 36.7. The summed E-state index contributed by atoms with van der Waals surface area (Å²) in [6.45, 7) is 4.81. The highest BCUT2D eigenvalue weighted by Crippen LogP contribution is 2.31. The standard InChI is InChI=1S/C23H25NO7/c1-3-28-18-7-5-17(6-8-18)24-23(27)15(2)31-22(26)11-9-19(25)16-4-10-20-21(14-16)30-13-12-29-20/h4-8,10,14-15H,3,9,11-13H2,1-2H3,(H,24,27). The summed E-state index contributed by atoms with van der Waals surface area (Å²) < 4.78 is 21.4. The van der Waals surface area contributed by atoms with E-state index in [1.54, 1.807) is 42.5 Å². The number of hydrogen-bond donors (Lipinski definition) is 1. The van der Waals surface area contributed by atoms with Crippen LogP contribution >= 0.6 is 0 Å². The molecule has 1 heterocycles. The van der Waals surface area contributed by atoms with Crippen molar-refractivity contribution >= 4 is 23.3 Å². The van der Waals surface area contributed by atoms with Crippen molar-refractivity contribution in [2.75, 3.05) is 25.1 Å². The zero-order valence-corrected chi connectivity index (χ0v) is 17.5. The normalized spacial score (nSPS) is 13.1. The Morgan fingerprint density at radius 3 is 2.42 bits per heavy atom.